The van der Waals surface area contributed by atoms with Crippen molar-refractivity contribution in [2.24, 2.45) is 0 Å². The van der Waals surface area contributed by atoms with Crippen molar-refractivity contribution < 1.29 is 9.18 Å². The first kappa shape index (κ1) is 15.9. The molecule has 4 rings (SSSR count). The fourth-order valence-electron chi connectivity index (χ4n) is 2.95. The van der Waals surface area contributed by atoms with Gasteiger partial charge >= 0.3 is 5.69 Å². The molecule has 0 fully saturated rings. The van der Waals surface area contributed by atoms with Crippen LogP contribution in [-0.4, -0.2) is 44.1 Å². The van der Waals surface area contributed by atoms with Gasteiger partial charge in [-0.05, 0) is 40.3 Å². The van der Waals surface area contributed by atoms with Crippen LogP contribution in [0.2, 0.25) is 0 Å². The van der Waals surface area contributed by atoms with Crippen LogP contribution in [0.1, 0.15) is 15.9 Å². The first-order valence-electron chi connectivity index (χ1n) is 7.97. The molecule has 8 heteroatoms. The number of aromatic nitrogens is 4. The van der Waals surface area contributed by atoms with E-state index in [1.165, 1.54) is 6.07 Å². The topological polar surface area (TPSA) is 83.9 Å². The number of rotatable bonds is 3. The Labute approximate surface area is 147 Å². The predicted octanol–water partition coefficient (Wildman–Crippen LogP) is 1.63. The van der Waals surface area contributed by atoms with Crippen LogP contribution in [0.15, 0.2) is 59.4 Å². The minimum atomic E-state index is -0.487. The van der Waals surface area contributed by atoms with Crippen molar-refractivity contribution in [3.05, 3.63) is 82.0 Å². The quantitative estimate of drug-likeness (QED) is 0.777. The minimum Gasteiger partial charge on any atom is -0.331 e. The Morgan fingerprint density at radius 2 is 2.00 bits per heavy atom. The van der Waals surface area contributed by atoms with Gasteiger partial charge in [-0.3, -0.25) is 4.79 Å². The van der Waals surface area contributed by atoms with E-state index in [4.69, 9.17) is 0 Å². The average Bonchev–Trinajstić information content (AvgIpc) is 3.31. The molecule has 0 radical (unpaired) electrons. The molecule has 0 saturated heterocycles. The molecular formula is C18H14FN5O2. The van der Waals surface area contributed by atoms with Crippen LogP contribution < -0.4 is 5.69 Å². The number of nitrogens with zero attached hydrogens (tertiary/aromatic N) is 4. The van der Waals surface area contributed by atoms with Crippen LogP contribution in [0.5, 0.6) is 0 Å². The molecule has 1 aliphatic rings. The van der Waals surface area contributed by atoms with E-state index in [-0.39, 0.29) is 11.7 Å². The molecule has 3 aromatic rings. The molecule has 0 saturated carbocycles. The molecule has 1 N–H and O–H groups in total. The molecule has 7 nitrogen and oxygen atoms in total. The Hall–Kier alpha value is -3.55. The highest BCUT2D eigenvalue weighted by atomic mass is 19.1. The van der Waals surface area contributed by atoms with E-state index < -0.39 is 5.69 Å². The lowest BCUT2D eigenvalue weighted by molar-refractivity contribution is 0.0801. The van der Waals surface area contributed by atoms with Crippen molar-refractivity contribution in [1.82, 2.24) is 25.1 Å². The predicted molar refractivity (Wildman–Crippen MR) is 92.3 cm³/mol. The highest BCUT2D eigenvalue weighted by Gasteiger charge is 2.23. The summed E-state index contributed by atoms with van der Waals surface area (Å²) in [5, 5.41) is 9.31. The van der Waals surface area contributed by atoms with Gasteiger partial charge in [0.1, 0.15) is 5.82 Å². The lowest BCUT2D eigenvalue weighted by Gasteiger charge is -2.17. The van der Waals surface area contributed by atoms with Crippen LogP contribution in [-0.2, 0) is 0 Å². The second-order valence-corrected chi connectivity index (χ2v) is 5.86. The van der Waals surface area contributed by atoms with Crippen molar-refractivity contribution in [3.8, 4) is 5.69 Å². The molecule has 130 valence electrons. The average molecular weight is 351 g/mol. The SMILES string of the molecule is O=C(c1cccc(-n2nn[nH]c2=O)c1)N1CC=C(c2ccccc2F)C1. The van der Waals surface area contributed by atoms with E-state index in [0.29, 0.717) is 29.9 Å². The van der Waals surface area contributed by atoms with E-state index in [2.05, 4.69) is 15.5 Å². The normalized spacial score (nSPS) is 13.7. The largest absolute Gasteiger partial charge is 0.365 e. The van der Waals surface area contributed by atoms with E-state index in [1.807, 2.05) is 6.08 Å². The maximum absolute atomic E-state index is 13.9. The summed E-state index contributed by atoms with van der Waals surface area (Å²) in [6, 6.07) is 13.1. The number of tetrazole rings is 1. The lowest BCUT2D eigenvalue weighted by atomic mass is 10.1. The maximum atomic E-state index is 13.9. The number of carbonyl (C=O) groups is 1. The van der Waals surface area contributed by atoms with Gasteiger partial charge in [0, 0.05) is 24.2 Å². The van der Waals surface area contributed by atoms with Crippen LogP contribution in [0.25, 0.3) is 11.3 Å². The number of carbonyl (C=O) groups excluding carboxylic acids is 1. The van der Waals surface area contributed by atoms with E-state index in [0.717, 1.165) is 10.3 Å². The van der Waals surface area contributed by atoms with Crippen LogP contribution >= 0.6 is 0 Å². The second kappa shape index (κ2) is 6.40. The smallest absolute Gasteiger partial charge is 0.331 e. The minimum absolute atomic E-state index is 0.203. The van der Waals surface area contributed by atoms with Gasteiger partial charge in [-0.25, -0.2) is 14.3 Å². The van der Waals surface area contributed by atoms with E-state index >= 15 is 0 Å². The van der Waals surface area contributed by atoms with Crippen LogP contribution in [0.3, 0.4) is 0 Å². The number of hydrogen-bond acceptors (Lipinski definition) is 4. The Kier molecular flexibility index (Phi) is 3.92. The summed E-state index contributed by atoms with van der Waals surface area (Å²) in [7, 11) is 0. The number of aromatic amines is 1. The van der Waals surface area contributed by atoms with Gasteiger partial charge < -0.3 is 4.90 Å². The van der Waals surface area contributed by atoms with Gasteiger partial charge in [-0.2, -0.15) is 4.68 Å². The summed E-state index contributed by atoms with van der Waals surface area (Å²) >= 11 is 0. The molecule has 1 amide bonds. The molecule has 26 heavy (non-hydrogen) atoms. The van der Waals surface area contributed by atoms with Crippen molar-refractivity contribution in [3.63, 3.8) is 0 Å². The molecule has 1 aliphatic heterocycles. The first-order valence-corrected chi connectivity index (χ1v) is 7.97. The van der Waals surface area contributed by atoms with Crippen molar-refractivity contribution in [1.29, 1.82) is 0 Å². The molecule has 0 unspecified atom stereocenters. The number of benzene rings is 2. The second-order valence-electron chi connectivity index (χ2n) is 5.86. The maximum Gasteiger partial charge on any atom is 0.365 e. The van der Waals surface area contributed by atoms with Gasteiger partial charge in [-0.1, -0.05) is 30.3 Å². The zero-order valence-electron chi connectivity index (χ0n) is 13.6. The summed E-state index contributed by atoms with van der Waals surface area (Å²) < 4.78 is 15.0. The molecule has 1 aromatic heterocycles. The Morgan fingerprint density at radius 1 is 1.15 bits per heavy atom. The first-order chi connectivity index (χ1) is 12.6. The van der Waals surface area contributed by atoms with Crippen LogP contribution in [0.4, 0.5) is 4.39 Å². The molecule has 0 spiro atoms. The number of hydrogen-bond donors (Lipinski definition) is 1. The summed E-state index contributed by atoms with van der Waals surface area (Å²) in [4.78, 5) is 26.0. The Bertz CT molecular complexity index is 1070. The number of amides is 1. The fourth-order valence-corrected chi connectivity index (χ4v) is 2.95. The standard InChI is InChI=1S/C18H14FN5O2/c19-16-7-2-1-6-15(16)13-8-9-23(11-13)17(25)12-4-3-5-14(10-12)24-18(26)20-21-22-24/h1-8,10H,9,11H2,(H,20,22,26). The van der Waals surface area contributed by atoms with Gasteiger partial charge in [0.25, 0.3) is 5.91 Å². The van der Waals surface area contributed by atoms with Gasteiger partial charge in [0.2, 0.25) is 0 Å². The zero-order chi connectivity index (χ0) is 18.1. The molecule has 0 bridgehead atoms. The molecule has 2 aromatic carbocycles. The molecule has 0 aliphatic carbocycles. The number of H-pyrrole nitrogens is 1. The van der Waals surface area contributed by atoms with Gasteiger partial charge in [-0.15, -0.1) is 0 Å². The number of nitrogens with one attached hydrogen (secondary N) is 1. The molecular weight excluding hydrogens is 337 g/mol. The third-order valence-corrected chi connectivity index (χ3v) is 4.24. The summed E-state index contributed by atoms with van der Waals surface area (Å²) in [6.45, 7) is 0.727. The van der Waals surface area contributed by atoms with Crippen molar-refractivity contribution in [2.75, 3.05) is 13.1 Å². The van der Waals surface area contributed by atoms with Crippen molar-refractivity contribution >= 4 is 11.5 Å². The number of halogens is 1. The summed E-state index contributed by atoms with van der Waals surface area (Å²) in [6.07, 6.45) is 1.85. The Balaban J connectivity index is 1.56. The van der Waals surface area contributed by atoms with Crippen LogP contribution in [0, 0.1) is 5.82 Å². The third kappa shape index (κ3) is 2.81. The van der Waals surface area contributed by atoms with Gasteiger partial charge in [0.15, 0.2) is 0 Å². The highest BCUT2D eigenvalue weighted by molar-refractivity contribution is 5.96. The summed E-state index contributed by atoms with van der Waals surface area (Å²) in [5.74, 6) is -0.508. The zero-order valence-corrected chi connectivity index (χ0v) is 13.6. The monoisotopic (exact) mass is 351 g/mol. The molecule has 2 heterocycles. The van der Waals surface area contributed by atoms with E-state index in [1.54, 1.807) is 47.4 Å². The molecule has 0 atom stereocenters. The van der Waals surface area contributed by atoms with E-state index in [9.17, 15) is 14.0 Å². The Morgan fingerprint density at radius 3 is 2.77 bits per heavy atom. The highest BCUT2D eigenvalue weighted by Crippen LogP contribution is 2.24. The van der Waals surface area contributed by atoms with Crippen molar-refractivity contribution in [2.45, 2.75) is 0 Å². The third-order valence-electron chi connectivity index (χ3n) is 4.24. The summed E-state index contributed by atoms with van der Waals surface area (Å²) in [5.41, 5.74) is 1.65. The van der Waals surface area contributed by atoms with Gasteiger partial charge in [0.05, 0.1) is 5.69 Å². The fraction of sp³-hybridized carbons (Fsp3) is 0.111. The lowest BCUT2D eigenvalue weighted by Crippen LogP contribution is -2.29.